The van der Waals surface area contributed by atoms with E-state index in [4.69, 9.17) is 14.2 Å². The summed E-state index contributed by atoms with van der Waals surface area (Å²) in [5, 5.41) is 11.7. The molecule has 38 heavy (non-hydrogen) atoms. The van der Waals surface area contributed by atoms with Crippen molar-refractivity contribution in [3.05, 3.63) is 59.9 Å². The molecular weight excluding hydrogens is 506 g/mol. The molecule has 1 fully saturated rings. The SMILES string of the molecule is COc1ccc2cc1Oc1cccc(c1)CO[C@@H]1CCN(C(=O)CSc3nncn3C)C[C@@H]1NC(=O)CC2. The molecule has 1 aromatic heterocycles. The second kappa shape index (κ2) is 11.9. The summed E-state index contributed by atoms with van der Waals surface area (Å²) in [6, 6.07) is 13.1. The van der Waals surface area contributed by atoms with E-state index in [9.17, 15) is 9.59 Å². The van der Waals surface area contributed by atoms with E-state index in [-0.39, 0.29) is 29.7 Å². The van der Waals surface area contributed by atoms with Gasteiger partial charge in [0, 0.05) is 26.6 Å². The molecule has 0 aliphatic carbocycles. The van der Waals surface area contributed by atoms with Gasteiger partial charge in [0.2, 0.25) is 11.8 Å². The average Bonchev–Trinajstić information content (AvgIpc) is 3.34. The van der Waals surface area contributed by atoms with Gasteiger partial charge in [-0.1, -0.05) is 30.0 Å². The highest BCUT2D eigenvalue weighted by Crippen LogP contribution is 2.33. The zero-order valence-corrected chi connectivity index (χ0v) is 22.3. The topological polar surface area (TPSA) is 108 Å². The van der Waals surface area contributed by atoms with Crippen LogP contribution in [-0.4, -0.2) is 69.6 Å². The summed E-state index contributed by atoms with van der Waals surface area (Å²) >= 11 is 1.35. The summed E-state index contributed by atoms with van der Waals surface area (Å²) in [7, 11) is 3.45. The molecule has 2 aliphatic heterocycles. The van der Waals surface area contributed by atoms with Crippen molar-refractivity contribution in [3.63, 3.8) is 0 Å². The van der Waals surface area contributed by atoms with Crippen LogP contribution in [0.5, 0.6) is 17.2 Å². The molecule has 2 atom stereocenters. The van der Waals surface area contributed by atoms with Gasteiger partial charge in [-0.15, -0.1) is 10.2 Å². The number of aromatic nitrogens is 3. The van der Waals surface area contributed by atoms with Crippen molar-refractivity contribution in [1.29, 1.82) is 0 Å². The Morgan fingerprint density at radius 2 is 2.11 bits per heavy atom. The van der Waals surface area contributed by atoms with Gasteiger partial charge in [0.15, 0.2) is 16.7 Å². The minimum Gasteiger partial charge on any atom is -0.493 e. The Morgan fingerprint density at radius 3 is 2.92 bits per heavy atom. The zero-order chi connectivity index (χ0) is 26.5. The number of aryl methyl sites for hydroxylation is 2. The van der Waals surface area contributed by atoms with Gasteiger partial charge in [0.25, 0.3) is 0 Å². The fourth-order valence-corrected chi connectivity index (χ4v) is 5.43. The molecule has 2 aromatic carbocycles. The Hall–Kier alpha value is -3.57. The molecule has 2 amide bonds. The van der Waals surface area contributed by atoms with Gasteiger partial charge in [-0.25, -0.2) is 0 Å². The van der Waals surface area contributed by atoms with Crippen LogP contribution in [0, 0.1) is 0 Å². The number of amides is 2. The number of hydrogen-bond acceptors (Lipinski definition) is 8. The number of nitrogens with one attached hydrogen (secondary N) is 1. The Bertz CT molecular complexity index is 1300. The number of benzene rings is 2. The van der Waals surface area contributed by atoms with E-state index in [1.807, 2.05) is 49.5 Å². The summed E-state index contributed by atoms with van der Waals surface area (Å²) in [6.45, 7) is 1.32. The maximum absolute atomic E-state index is 13.0. The number of ether oxygens (including phenoxy) is 3. The number of nitrogens with zero attached hydrogens (tertiary/aromatic N) is 4. The molecule has 3 aromatic rings. The molecule has 10 nitrogen and oxygen atoms in total. The van der Waals surface area contributed by atoms with E-state index in [0.29, 0.717) is 61.4 Å². The van der Waals surface area contributed by atoms with E-state index in [1.165, 1.54) is 11.8 Å². The summed E-state index contributed by atoms with van der Waals surface area (Å²) in [4.78, 5) is 27.8. The summed E-state index contributed by atoms with van der Waals surface area (Å²) in [5.74, 6) is 2.07. The normalized spacial score (nSPS) is 19.8. The third-order valence-electron chi connectivity index (χ3n) is 6.70. The van der Waals surface area contributed by atoms with Crippen LogP contribution in [0.2, 0.25) is 0 Å². The van der Waals surface area contributed by atoms with Gasteiger partial charge in [0.05, 0.1) is 31.6 Å². The van der Waals surface area contributed by atoms with Crippen LogP contribution < -0.4 is 14.8 Å². The second-order valence-electron chi connectivity index (χ2n) is 9.40. The Labute approximate surface area is 225 Å². The number of rotatable bonds is 4. The van der Waals surface area contributed by atoms with Crippen LogP contribution in [0.3, 0.4) is 0 Å². The quantitative estimate of drug-likeness (QED) is 0.506. The molecule has 0 unspecified atom stereocenters. The van der Waals surface area contributed by atoms with Crippen LogP contribution in [-0.2, 0) is 34.4 Å². The van der Waals surface area contributed by atoms with E-state index >= 15 is 0 Å². The number of likely N-dealkylation sites (tertiary alicyclic amines) is 1. The van der Waals surface area contributed by atoms with Crippen LogP contribution in [0.1, 0.15) is 24.0 Å². The Balaban J connectivity index is 1.32. The highest BCUT2D eigenvalue weighted by molar-refractivity contribution is 7.99. The lowest BCUT2D eigenvalue weighted by atomic mass is 10.0. The van der Waals surface area contributed by atoms with Gasteiger partial charge >= 0.3 is 0 Å². The van der Waals surface area contributed by atoms with Gasteiger partial charge in [-0.2, -0.15) is 0 Å². The lowest BCUT2D eigenvalue weighted by Gasteiger charge is -2.38. The van der Waals surface area contributed by atoms with E-state index in [1.54, 1.807) is 22.9 Å². The third-order valence-corrected chi connectivity index (χ3v) is 7.72. The van der Waals surface area contributed by atoms with E-state index < -0.39 is 0 Å². The molecule has 5 rings (SSSR count). The van der Waals surface area contributed by atoms with Crippen molar-refractivity contribution in [1.82, 2.24) is 25.0 Å². The minimum atomic E-state index is -0.309. The molecule has 2 aliphatic rings. The summed E-state index contributed by atoms with van der Waals surface area (Å²) in [5.41, 5.74) is 1.92. The van der Waals surface area contributed by atoms with Gasteiger partial charge in [-0.05, 0) is 48.2 Å². The predicted molar refractivity (Wildman–Crippen MR) is 141 cm³/mol. The largest absolute Gasteiger partial charge is 0.493 e. The first-order valence-corrected chi connectivity index (χ1v) is 13.6. The molecule has 1 N–H and O–H groups in total. The minimum absolute atomic E-state index is 0.00259. The van der Waals surface area contributed by atoms with Gasteiger partial charge in [0.1, 0.15) is 12.1 Å². The van der Waals surface area contributed by atoms with Crippen LogP contribution in [0.15, 0.2) is 53.9 Å². The first-order valence-electron chi connectivity index (χ1n) is 12.6. The highest BCUT2D eigenvalue weighted by Gasteiger charge is 2.33. The highest BCUT2D eigenvalue weighted by atomic mass is 32.2. The van der Waals surface area contributed by atoms with Gasteiger partial charge < -0.3 is 29.0 Å². The fraction of sp³-hybridized carbons (Fsp3) is 0.407. The molecule has 1 saturated heterocycles. The summed E-state index contributed by atoms with van der Waals surface area (Å²) in [6.07, 6.45) is 2.86. The number of piperidine rings is 1. The smallest absolute Gasteiger partial charge is 0.233 e. The Kier molecular flexibility index (Phi) is 8.14. The number of fused-ring (bicyclic) bond motifs is 5. The van der Waals surface area contributed by atoms with Crippen molar-refractivity contribution in [2.45, 2.75) is 43.2 Å². The van der Waals surface area contributed by atoms with E-state index in [2.05, 4.69) is 15.5 Å². The van der Waals surface area contributed by atoms with Crippen LogP contribution >= 0.6 is 11.8 Å². The van der Waals surface area contributed by atoms with Crippen molar-refractivity contribution in [2.24, 2.45) is 7.05 Å². The number of carbonyl (C=O) groups excluding carboxylic acids is 2. The molecule has 4 bridgehead atoms. The molecule has 0 spiro atoms. The molecule has 3 heterocycles. The monoisotopic (exact) mass is 537 g/mol. The Morgan fingerprint density at radius 1 is 1.21 bits per heavy atom. The first-order chi connectivity index (χ1) is 18.5. The molecule has 200 valence electrons. The second-order valence-corrected chi connectivity index (χ2v) is 10.3. The van der Waals surface area contributed by atoms with Crippen LogP contribution in [0.25, 0.3) is 0 Å². The maximum atomic E-state index is 13.0. The standard InChI is InChI=1S/C27H31N5O5S/c1-31-17-28-30-27(31)38-16-26(34)32-11-10-22-21(14-32)29-25(33)9-7-18-6-8-23(35-2)24(13-18)37-20-5-3-4-19(12-20)15-36-22/h3-6,8,12-13,17,21-22H,7,9-11,14-16H2,1-2H3,(H,29,33)/t21-,22+/m0/s1. The number of carbonyl (C=O) groups is 2. The van der Waals surface area contributed by atoms with Crippen molar-refractivity contribution in [2.75, 3.05) is 26.0 Å². The maximum Gasteiger partial charge on any atom is 0.233 e. The molecule has 0 saturated carbocycles. The summed E-state index contributed by atoms with van der Waals surface area (Å²) < 4.78 is 19.7. The number of hydrogen-bond donors (Lipinski definition) is 1. The lowest BCUT2D eigenvalue weighted by Crippen LogP contribution is -2.57. The predicted octanol–water partition coefficient (Wildman–Crippen LogP) is 2.96. The van der Waals surface area contributed by atoms with Crippen molar-refractivity contribution >= 4 is 23.6 Å². The first kappa shape index (κ1) is 26.1. The molecule has 0 radical (unpaired) electrons. The third kappa shape index (κ3) is 6.28. The average molecular weight is 538 g/mol. The van der Waals surface area contributed by atoms with Crippen molar-refractivity contribution < 1.29 is 23.8 Å². The van der Waals surface area contributed by atoms with Crippen LogP contribution in [0.4, 0.5) is 0 Å². The number of methoxy groups -OCH3 is 1. The zero-order valence-electron chi connectivity index (χ0n) is 21.5. The molecule has 11 heteroatoms. The lowest BCUT2D eigenvalue weighted by molar-refractivity contribution is -0.135. The van der Waals surface area contributed by atoms with E-state index in [0.717, 1.165) is 11.1 Å². The fourth-order valence-electron chi connectivity index (χ4n) is 4.64. The van der Waals surface area contributed by atoms with Gasteiger partial charge in [-0.3, -0.25) is 9.59 Å². The number of thioether (sulfide) groups is 1. The van der Waals surface area contributed by atoms with Crippen molar-refractivity contribution in [3.8, 4) is 17.2 Å². The molecular formula is C27H31N5O5S.